The molecular weight excluding hydrogens is 751 g/mol. The quantitative estimate of drug-likeness (QED) is 0.0343. The fraction of sp³-hybridized carbons (Fsp3) is 0.370. The molecule has 0 spiro atoms. The molecule has 0 fully saturated rings. The van der Waals surface area contributed by atoms with Crippen molar-refractivity contribution in [2.45, 2.75) is 83.5 Å². The summed E-state index contributed by atoms with van der Waals surface area (Å²) >= 11 is 9.12. The first-order chi connectivity index (χ1) is 26.2. The van der Waals surface area contributed by atoms with Crippen LogP contribution in [0.4, 0.5) is 11.4 Å². The van der Waals surface area contributed by atoms with Gasteiger partial charge in [-0.25, -0.2) is 5.26 Å². The van der Waals surface area contributed by atoms with Gasteiger partial charge in [-0.15, -0.1) is 0 Å². The van der Waals surface area contributed by atoms with Gasteiger partial charge >= 0.3 is 29.6 Å². The average molecular weight is 803 g/mol. The van der Waals surface area contributed by atoms with Gasteiger partial charge in [0.1, 0.15) is 6.54 Å². The van der Waals surface area contributed by atoms with Gasteiger partial charge in [-0.2, -0.15) is 8.91 Å². The molecule has 0 saturated carbocycles. The molecule has 282 valence electrons. The summed E-state index contributed by atoms with van der Waals surface area (Å²) in [7, 11) is 0. The summed E-state index contributed by atoms with van der Waals surface area (Å²) in [5, 5.41) is 14.8. The van der Waals surface area contributed by atoms with Gasteiger partial charge in [0.15, 0.2) is 5.71 Å². The van der Waals surface area contributed by atoms with Gasteiger partial charge in [-0.1, -0.05) is 92.2 Å². The second-order valence-corrected chi connectivity index (χ2v) is 17.5. The van der Waals surface area contributed by atoms with E-state index in [4.69, 9.17) is 16.9 Å². The van der Waals surface area contributed by atoms with Gasteiger partial charge < -0.3 is 9.45 Å². The first-order valence-corrected chi connectivity index (χ1v) is 21.5. The first-order valence-electron chi connectivity index (χ1n) is 19.3. The number of hydrogen-bond acceptors (Lipinski definition) is 6. The van der Waals surface area contributed by atoms with Crippen LogP contribution in [0.3, 0.4) is 0 Å². The maximum atomic E-state index is 11.2. The molecule has 0 amide bonds. The molecular formula is C46H51ClN2NaO3S2+. The van der Waals surface area contributed by atoms with Crippen molar-refractivity contribution in [3.63, 3.8) is 0 Å². The summed E-state index contributed by atoms with van der Waals surface area (Å²) in [6.07, 6.45) is 15.9. The number of anilines is 1. The predicted molar refractivity (Wildman–Crippen MR) is 231 cm³/mol. The molecule has 0 atom stereocenters. The molecule has 0 unspecified atom stereocenters. The molecule has 0 bridgehead atoms. The largest absolute Gasteiger partial charge is 1.00 e. The van der Waals surface area contributed by atoms with Crippen LogP contribution >= 0.6 is 35.7 Å². The Balaban J connectivity index is 0.00000514. The first kappa shape index (κ1) is 42.3. The van der Waals surface area contributed by atoms with Crippen LogP contribution in [0.25, 0.3) is 21.5 Å². The van der Waals surface area contributed by atoms with Crippen molar-refractivity contribution in [3.8, 4) is 0 Å². The van der Waals surface area contributed by atoms with E-state index in [0.29, 0.717) is 17.8 Å². The van der Waals surface area contributed by atoms with E-state index in [1.807, 2.05) is 0 Å². The molecule has 1 N–H and O–H groups in total. The minimum Gasteiger partial charge on any atom is -0.799 e. The minimum atomic E-state index is -0.205. The fourth-order valence-electron chi connectivity index (χ4n) is 9.02. The van der Waals surface area contributed by atoms with Crippen molar-refractivity contribution in [1.29, 1.82) is 0 Å². The zero-order chi connectivity index (χ0) is 37.9. The van der Waals surface area contributed by atoms with Gasteiger partial charge in [0.05, 0.1) is 5.41 Å². The molecule has 55 heavy (non-hydrogen) atoms. The number of fused-ring (bicyclic) bond motifs is 6. The second kappa shape index (κ2) is 18.5. The molecule has 7 rings (SSSR count). The van der Waals surface area contributed by atoms with E-state index in [1.165, 1.54) is 66.6 Å². The van der Waals surface area contributed by atoms with Crippen LogP contribution in [0.15, 0.2) is 119 Å². The van der Waals surface area contributed by atoms with Crippen molar-refractivity contribution < 1.29 is 48.3 Å². The van der Waals surface area contributed by atoms with E-state index in [2.05, 4.69) is 139 Å². The zero-order valence-electron chi connectivity index (χ0n) is 32.9. The van der Waals surface area contributed by atoms with E-state index < -0.39 is 0 Å². The molecule has 9 heteroatoms. The molecule has 2 aliphatic heterocycles. The van der Waals surface area contributed by atoms with E-state index >= 15 is 0 Å². The Labute approximate surface area is 362 Å². The number of unbranched alkanes of at least 4 members (excludes halogenated alkanes) is 2. The van der Waals surface area contributed by atoms with Crippen LogP contribution in [0.5, 0.6) is 0 Å². The predicted octanol–water partition coefficient (Wildman–Crippen LogP) is 9.78. The summed E-state index contributed by atoms with van der Waals surface area (Å²) in [6.45, 7) is 11.1. The van der Waals surface area contributed by atoms with Crippen molar-refractivity contribution in [2.24, 2.45) is 0 Å². The summed E-state index contributed by atoms with van der Waals surface area (Å²) < 4.78 is 17.9. The molecule has 4 aromatic carbocycles. The summed E-state index contributed by atoms with van der Waals surface area (Å²) in [6, 6.07) is 26.4. The Morgan fingerprint density at radius 2 is 1.51 bits per heavy atom. The topological polar surface area (TPSA) is 58.8 Å². The monoisotopic (exact) mass is 801 g/mol. The van der Waals surface area contributed by atoms with Crippen LogP contribution in [0, 0.1) is 0 Å². The van der Waals surface area contributed by atoms with Gasteiger partial charge in [0.25, 0.3) is 0 Å². The van der Waals surface area contributed by atoms with E-state index in [-0.39, 0.29) is 40.4 Å². The molecule has 1 aliphatic carbocycles. The maximum Gasteiger partial charge on any atom is 1.00 e. The number of allylic oxidation sites excluding steroid dienone is 8. The Kier molecular flexibility index (Phi) is 14.3. The van der Waals surface area contributed by atoms with Gasteiger partial charge in [0.2, 0.25) is 5.69 Å². The van der Waals surface area contributed by atoms with Crippen molar-refractivity contribution in [1.82, 2.24) is 0 Å². The van der Waals surface area contributed by atoms with Crippen molar-refractivity contribution >= 4 is 74.3 Å². The van der Waals surface area contributed by atoms with Crippen LogP contribution in [0.1, 0.15) is 83.8 Å². The number of halogens is 1. The molecule has 3 aliphatic rings. The summed E-state index contributed by atoms with van der Waals surface area (Å²) in [5.41, 5.74) is 9.77. The zero-order valence-corrected chi connectivity index (χ0v) is 37.3. The molecule has 0 radical (unpaired) electrons. The van der Waals surface area contributed by atoms with Crippen molar-refractivity contribution in [2.75, 3.05) is 29.5 Å². The number of hydrogen-bond donors (Lipinski definition) is 1. The SMILES string of the molecule is CC1(C)C(/C=C/C2=C(Cl)C(=C/C=C3\N(CCCCSOO)c4ccc5ccccc5c4C3(C)C)/CCC2)=[N+](CCCCS[O-])c2ccc3ccccc3c21.[Na+]. The molecule has 5 nitrogen and oxygen atoms in total. The van der Waals surface area contributed by atoms with Gasteiger partial charge in [0, 0.05) is 70.3 Å². The third-order valence-electron chi connectivity index (χ3n) is 11.6. The Hall–Kier alpha value is -2.30. The van der Waals surface area contributed by atoms with Gasteiger partial charge in [-0.05, 0) is 115 Å². The third-order valence-corrected chi connectivity index (χ3v) is 13.1. The third kappa shape index (κ3) is 8.48. The van der Waals surface area contributed by atoms with Crippen LogP contribution in [-0.4, -0.2) is 44.7 Å². The average Bonchev–Trinajstić information content (AvgIpc) is 3.53. The van der Waals surface area contributed by atoms with Gasteiger partial charge in [-0.3, -0.25) is 12.0 Å². The number of rotatable bonds is 14. The second-order valence-electron chi connectivity index (χ2n) is 15.7. The Morgan fingerprint density at radius 3 is 2.24 bits per heavy atom. The fourth-order valence-corrected chi connectivity index (χ4v) is 10.1. The normalized spacial score (nSPS) is 19.0. The standard InChI is InChI=1S/C46H51ClN2O3S2.Na/c1-45(2)40(48(28-9-11-30-53-51)38-24-20-32-14-5-7-18-36(32)42(38)45)26-22-34-16-13-17-35(44(34)47)23-27-41-46(3,4)43-37-19-8-6-15-33(37)21-25-39(43)49(41)29-10-12-31-54-52-50;/h5-8,14-15,18-27H,9-13,16-17,28-31H2,1-4H3,(H-,50,51);/q;+1. The molecule has 0 aromatic heterocycles. The van der Waals surface area contributed by atoms with Crippen LogP contribution < -0.4 is 34.5 Å². The van der Waals surface area contributed by atoms with Crippen molar-refractivity contribution in [3.05, 3.63) is 130 Å². The Bertz CT molecular complexity index is 2210. The molecule has 4 aromatic rings. The minimum absolute atomic E-state index is 0. The van der Waals surface area contributed by atoms with E-state index in [9.17, 15) is 4.55 Å². The van der Waals surface area contributed by atoms with Crippen LogP contribution in [-0.2, 0) is 15.2 Å². The van der Waals surface area contributed by atoms with Crippen LogP contribution in [0.2, 0.25) is 0 Å². The summed E-state index contributed by atoms with van der Waals surface area (Å²) in [4.78, 5) is 2.50. The molecule has 2 heterocycles. The number of nitrogens with zero attached hydrogens (tertiary/aromatic N) is 2. The van der Waals surface area contributed by atoms with E-state index in [1.54, 1.807) is 0 Å². The molecule has 0 saturated heterocycles. The summed E-state index contributed by atoms with van der Waals surface area (Å²) in [5.74, 6) is 1.38. The number of benzene rings is 4. The Morgan fingerprint density at radius 1 is 0.818 bits per heavy atom. The smallest absolute Gasteiger partial charge is 0.799 e. The van der Waals surface area contributed by atoms with E-state index in [0.717, 1.165) is 80.9 Å². The maximum absolute atomic E-state index is 11.2.